The van der Waals surface area contributed by atoms with E-state index in [2.05, 4.69) is 11.4 Å². The number of nitriles is 1. The normalized spacial score (nSPS) is 13.4. The number of nitrogens with one attached hydrogen (secondary N) is 1. The van der Waals surface area contributed by atoms with Gasteiger partial charge in [0.25, 0.3) is 11.8 Å². The highest BCUT2D eigenvalue weighted by molar-refractivity contribution is 6.23. The molecule has 1 aliphatic rings. The molecule has 38 heavy (non-hydrogen) atoms. The summed E-state index contributed by atoms with van der Waals surface area (Å²) in [4.78, 5) is 41.1. The maximum atomic E-state index is 13.7. The van der Waals surface area contributed by atoms with E-state index in [1.165, 1.54) is 0 Å². The SMILES string of the molecule is CC(C)C[C@H](C(=O)Nc1oc(-c2ccccc2)c(-c2ccccc2)c1C#N)N1C(=O)c2ccccc2C1=O. The first kappa shape index (κ1) is 24.7. The van der Waals surface area contributed by atoms with E-state index >= 15 is 0 Å². The van der Waals surface area contributed by atoms with E-state index in [-0.39, 0.29) is 34.9 Å². The fourth-order valence-corrected chi connectivity index (χ4v) is 4.76. The molecule has 1 aliphatic heterocycles. The Labute approximate surface area is 220 Å². The molecule has 0 fully saturated rings. The molecule has 188 valence electrons. The number of amides is 3. The summed E-state index contributed by atoms with van der Waals surface area (Å²) in [7, 11) is 0. The summed E-state index contributed by atoms with van der Waals surface area (Å²) in [6.45, 7) is 3.82. The van der Waals surface area contributed by atoms with Gasteiger partial charge in [0.15, 0.2) is 0 Å². The largest absolute Gasteiger partial charge is 0.438 e. The number of carbonyl (C=O) groups is 3. The second kappa shape index (κ2) is 10.2. The van der Waals surface area contributed by atoms with Crippen LogP contribution in [0.4, 0.5) is 5.88 Å². The number of furan rings is 1. The Morgan fingerprint density at radius 2 is 1.39 bits per heavy atom. The number of carbonyl (C=O) groups excluding carboxylic acids is 3. The summed E-state index contributed by atoms with van der Waals surface area (Å²) in [5, 5.41) is 12.9. The van der Waals surface area contributed by atoms with Crippen LogP contribution in [0.2, 0.25) is 0 Å². The highest BCUT2D eigenvalue weighted by Gasteiger charge is 2.43. The van der Waals surface area contributed by atoms with Crippen LogP contribution < -0.4 is 5.32 Å². The molecule has 7 nitrogen and oxygen atoms in total. The van der Waals surface area contributed by atoms with E-state index < -0.39 is 23.8 Å². The second-order valence-corrected chi connectivity index (χ2v) is 9.51. The maximum absolute atomic E-state index is 13.7. The standard InChI is InChI=1S/C31H25N3O4/c1-19(2)17-25(34-30(36)22-15-9-10-16-23(22)31(34)37)28(35)33-29-24(18-32)26(20-11-5-3-6-12-20)27(38-29)21-13-7-4-8-14-21/h3-16,19,25H,17H2,1-2H3,(H,33,35)/t25-/m1/s1. The highest BCUT2D eigenvalue weighted by atomic mass is 16.4. The van der Waals surface area contributed by atoms with Gasteiger partial charge in [0.2, 0.25) is 11.8 Å². The van der Waals surface area contributed by atoms with E-state index in [1.54, 1.807) is 24.3 Å². The third-order valence-electron chi connectivity index (χ3n) is 6.49. The number of fused-ring (bicyclic) bond motifs is 1. The van der Waals surface area contributed by atoms with Crippen molar-refractivity contribution >= 4 is 23.6 Å². The lowest BCUT2D eigenvalue weighted by atomic mass is 9.98. The molecule has 2 heterocycles. The summed E-state index contributed by atoms with van der Waals surface area (Å²) in [6, 6.07) is 26.3. The van der Waals surface area contributed by atoms with Crippen molar-refractivity contribution in [2.45, 2.75) is 26.3 Å². The van der Waals surface area contributed by atoms with Gasteiger partial charge in [-0.2, -0.15) is 5.26 Å². The zero-order valence-corrected chi connectivity index (χ0v) is 21.0. The van der Waals surface area contributed by atoms with Gasteiger partial charge in [-0.1, -0.05) is 86.6 Å². The summed E-state index contributed by atoms with van der Waals surface area (Å²) in [5.41, 5.74) is 2.75. The molecule has 0 bridgehead atoms. The minimum absolute atomic E-state index is 0.00172. The summed E-state index contributed by atoms with van der Waals surface area (Å²) in [6.07, 6.45) is 0.247. The van der Waals surface area contributed by atoms with E-state index in [0.717, 1.165) is 16.0 Å². The lowest BCUT2D eigenvalue weighted by molar-refractivity contribution is -0.120. The second-order valence-electron chi connectivity index (χ2n) is 9.51. The molecule has 7 heteroatoms. The molecule has 0 spiro atoms. The molecule has 1 N–H and O–H groups in total. The van der Waals surface area contributed by atoms with Gasteiger partial charge in [-0.05, 0) is 30.0 Å². The zero-order chi connectivity index (χ0) is 26.8. The topological polar surface area (TPSA) is 103 Å². The van der Waals surface area contributed by atoms with Crippen molar-refractivity contribution in [1.82, 2.24) is 4.90 Å². The molecule has 3 aromatic carbocycles. The Bertz CT molecular complexity index is 1530. The first-order valence-electron chi connectivity index (χ1n) is 12.4. The minimum atomic E-state index is -1.08. The van der Waals surface area contributed by atoms with Crippen LogP contribution in [0, 0.1) is 17.2 Å². The molecule has 0 saturated heterocycles. The van der Waals surface area contributed by atoms with Gasteiger partial charge in [-0.25, -0.2) is 0 Å². The molecule has 4 aromatic rings. The summed E-state index contributed by atoms with van der Waals surface area (Å²) < 4.78 is 6.14. The van der Waals surface area contributed by atoms with Crippen LogP contribution >= 0.6 is 0 Å². The third-order valence-corrected chi connectivity index (χ3v) is 6.49. The number of imide groups is 1. The lowest BCUT2D eigenvalue weighted by Gasteiger charge is -2.26. The fraction of sp³-hybridized carbons (Fsp3) is 0.161. The molecule has 1 atom stereocenters. The zero-order valence-electron chi connectivity index (χ0n) is 21.0. The van der Waals surface area contributed by atoms with Crippen molar-refractivity contribution in [2.75, 3.05) is 5.32 Å². The van der Waals surface area contributed by atoms with Crippen LogP contribution in [-0.4, -0.2) is 28.7 Å². The number of nitrogens with zero attached hydrogens (tertiary/aromatic N) is 2. The minimum Gasteiger partial charge on any atom is -0.438 e. The van der Waals surface area contributed by atoms with Gasteiger partial charge in [0.1, 0.15) is 23.4 Å². The van der Waals surface area contributed by atoms with Crippen molar-refractivity contribution < 1.29 is 18.8 Å². The van der Waals surface area contributed by atoms with Gasteiger partial charge in [-0.3, -0.25) is 24.6 Å². The van der Waals surface area contributed by atoms with Crippen LogP contribution in [0.15, 0.2) is 89.3 Å². The van der Waals surface area contributed by atoms with E-state index in [9.17, 15) is 19.6 Å². The van der Waals surface area contributed by atoms with Crippen molar-refractivity contribution in [3.63, 3.8) is 0 Å². The predicted octanol–water partition coefficient (Wildman–Crippen LogP) is 6.13. The molecule has 0 radical (unpaired) electrons. The Kier molecular flexibility index (Phi) is 6.63. The third kappa shape index (κ3) is 4.37. The Morgan fingerprint density at radius 3 is 1.92 bits per heavy atom. The summed E-state index contributed by atoms with van der Waals surface area (Å²) >= 11 is 0. The average Bonchev–Trinajstić information content (AvgIpc) is 3.42. The Morgan fingerprint density at radius 1 is 0.868 bits per heavy atom. The predicted molar refractivity (Wildman–Crippen MR) is 143 cm³/mol. The van der Waals surface area contributed by atoms with Gasteiger partial charge in [0.05, 0.1) is 11.1 Å². The lowest BCUT2D eigenvalue weighted by Crippen LogP contribution is -2.48. The van der Waals surface area contributed by atoms with Crippen LogP contribution in [0.25, 0.3) is 22.5 Å². The number of hydrogen-bond donors (Lipinski definition) is 1. The monoisotopic (exact) mass is 503 g/mol. The molecule has 0 saturated carbocycles. The van der Waals surface area contributed by atoms with E-state index in [0.29, 0.717) is 11.3 Å². The van der Waals surface area contributed by atoms with E-state index in [4.69, 9.17) is 4.42 Å². The molecule has 3 amide bonds. The van der Waals surface area contributed by atoms with Crippen molar-refractivity contribution in [2.24, 2.45) is 5.92 Å². The number of hydrogen-bond acceptors (Lipinski definition) is 5. The quantitative estimate of drug-likeness (QED) is 0.305. The van der Waals surface area contributed by atoms with Gasteiger partial charge in [0, 0.05) is 11.1 Å². The molecule has 5 rings (SSSR count). The fourth-order valence-electron chi connectivity index (χ4n) is 4.76. The van der Waals surface area contributed by atoms with E-state index in [1.807, 2.05) is 74.5 Å². The van der Waals surface area contributed by atoms with Crippen molar-refractivity contribution in [3.05, 3.63) is 102 Å². The van der Waals surface area contributed by atoms with Crippen molar-refractivity contribution in [1.29, 1.82) is 5.26 Å². The maximum Gasteiger partial charge on any atom is 0.262 e. The average molecular weight is 504 g/mol. The van der Waals surface area contributed by atoms with Crippen LogP contribution in [0.3, 0.4) is 0 Å². The Balaban J connectivity index is 1.56. The molecule has 1 aromatic heterocycles. The van der Waals surface area contributed by atoms with Gasteiger partial charge >= 0.3 is 0 Å². The number of benzene rings is 3. The van der Waals surface area contributed by atoms with Crippen LogP contribution in [-0.2, 0) is 4.79 Å². The van der Waals surface area contributed by atoms with Crippen LogP contribution in [0.5, 0.6) is 0 Å². The molecule has 0 aliphatic carbocycles. The number of rotatable bonds is 7. The first-order valence-corrected chi connectivity index (χ1v) is 12.4. The van der Waals surface area contributed by atoms with Gasteiger partial charge < -0.3 is 4.42 Å². The Hall–Kier alpha value is -4.96. The summed E-state index contributed by atoms with van der Waals surface area (Å²) in [5.74, 6) is -1.22. The molecular weight excluding hydrogens is 478 g/mol. The first-order chi connectivity index (χ1) is 18.4. The van der Waals surface area contributed by atoms with Crippen molar-refractivity contribution in [3.8, 4) is 28.5 Å². The molecular formula is C31H25N3O4. The van der Waals surface area contributed by atoms with Gasteiger partial charge in [-0.15, -0.1) is 0 Å². The highest BCUT2D eigenvalue weighted by Crippen LogP contribution is 2.41. The number of anilines is 1. The van der Waals surface area contributed by atoms with Crippen LogP contribution in [0.1, 0.15) is 46.5 Å². The molecule has 0 unspecified atom stereocenters. The smallest absolute Gasteiger partial charge is 0.262 e.